The largest absolute Gasteiger partial charge is 1.00 e. The molecule has 0 aliphatic carbocycles. The number of rotatable bonds is 4. The molecular formula is C7H8IN2NaO5S2. The normalized spacial score (nSPS) is 11.9. The van der Waals surface area contributed by atoms with Gasteiger partial charge in [0.05, 0.1) is 16.3 Å². The molecule has 0 saturated carbocycles. The van der Waals surface area contributed by atoms with Crippen molar-refractivity contribution < 1.29 is 50.9 Å². The second-order valence-electron chi connectivity index (χ2n) is 3.09. The van der Waals surface area contributed by atoms with Gasteiger partial charge in [0, 0.05) is 4.43 Å². The van der Waals surface area contributed by atoms with Crippen LogP contribution in [-0.4, -0.2) is 41.8 Å². The maximum atomic E-state index is 11.6. The molecule has 18 heavy (non-hydrogen) atoms. The van der Waals surface area contributed by atoms with Gasteiger partial charge in [-0.05, 0) is 13.0 Å². The Morgan fingerprint density at radius 3 is 2.28 bits per heavy atom. The van der Waals surface area contributed by atoms with E-state index in [-0.39, 0.29) is 41.0 Å². The number of halogens is 1. The Balaban J connectivity index is 0.00000289. The molecule has 1 aromatic heterocycles. The van der Waals surface area contributed by atoms with Gasteiger partial charge in [0.1, 0.15) is 10.1 Å². The molecule has 0 aromatic carbocycles. The Morgan fingerprint density at radius 1 is 1.28 bits per heavy atom. The minimum Gasteiger partial charge on any atom is -0.744 e. The van der Waals surface area contributed by atoms with Gasteiger partial charge in [0.15, 0.2) is 14.9 Å². The van der Waals surface area contributed by atoms with E-state index < -0.39 is 29.9 Å². The molecule has 0 N–H and O–H groups in total. The molecule has 0 amide bonds. The van der Waals surface area contributed by atoms with Gasteiger partial charge in [-0.3, -0.25) is 0 Å². The quantitative estimate of drug-likeness (QED) is 0.222. The van der Waals surface area contributed by atoms with Crippen LogP contribution in [0, 0.1) is 6.92 Å². The summed E-state index contributed by atoms with van der Waals surface area (Å²) >= 11 is 1.86. The summed E-state index contributed by atoms with van der Waals surface area (Å²) in [5.41, 5.74) is -0.117. The molecule has 7 nitrogen and oxygen atoms in total. The zero-order valence-corrected chi connectivity index (χ0v) is 15.4. The van der Waals surface area contributed by atoms with Crippen molar-refractivity contribution in [2.45, 2.75) is 16.8 Å². The van der Waals surface area contributed by atoms with Crippen LogP contribution >= 0.6 is 22.6 Å². The number of alkyl halides is 1. The van der Waals surface area contributed by atoms with Crippen LogP contribution in [0.3, 0.4) is 0 Å². The van der Waals surface area contributed by atoms with Gasteiger partial charge in [-0.25, -0.2) is 16.8 Å². The standard InChI is InChI=1S/C7H9IN2O5S2.Na/c1-5-6(17(13,14)15)4-7(10-9-5)16(11,12)3-2-8;/h4H,2-3H2,1H3,(H,13,14,15);/q;+1/p-1. The molecule has 1 rings (SSSR count). The predicted molar refractivity (Wildman–Crippen MR) is 65.7 cm³/mol. The third-order valence-corrected chi connectivity index (χ3v) is 5.65. The fourth-order valence-electron chi connectivity index (χ4n) is 1.03. The van der Waals surface area contributed by atoms with E-state index in [1.807, 2.05) is 22.6 Å². The molecule has 0 fully saturated rings. The van der Waals surface area contributed by atoms with Crippen LogP contribution in [0.5, 0.6) is 0 Å². The summed E-state index contributed by atoms with van der Waals surface area (Å²) < 4.78 is 56.2. The van der Waals surface area contributed by atoms with Gasteiger partial charge in [-0.2, -0.15) is 5.10 Å². The molecule has 0 unspecified atom stereocenters. The molecule has 1 heterocycles. The van der Waals surface area contributed by atoms with Gasteiger partial charge in [0.25, 0.3) is 0 Å². The maximum absolute atomic E-state index is 11.6. The first-order valence-corrected chi connectivity index (χ1v) is 8.86. The summed E-state index contributed by atoms with van der Waals surface area (Å²) in [6.45, 7) is 1.27. The van der Waals surface area contributed by atoms with Crippen LogP contribution in [0.15, 0.2) is 16.0 Å². The number of hydrogen-bond acceptors (Lipinski definition) is 7. The van der Waals surface area contributed by atoms with Crippen molar-refractivity contribution in [1.29, 1.82) is 0 Å². The minimum absolute atomic E-state index is 0. The maximum Gasteiger partial charge on any atom is 1.00 e. The minimum atomic E-state index is -4.75. The van der Waals surface area contributed by atoms with Crippen molar-refractivity contribution in [2.24, 2.45) is 0 Å². The van der Waals surface area contributed by atoms with E-state index in [2.05, 4.69) is 10.2 Å². The smallest absolute Gasteiger partial charge is 0.744 e. The van der Waals surface area contributed by atoms with Gasteiger partial charge in [-0.15, -0.1) is 5.10 Å². The van der Waals surface area contributed by atoms with E-state index in [1.54, 1.807) is 0 Å². The summed E-state index contributed by atoms with van der Waals surface area (Å²) in [6, 6.07) is 0.756. The molecule has 0 bridgehead atoms. The van der Waals surface area contributed by atoms with Crippen LogP contribution in [0.25, 0.3) is 0 Å². The van der Waals surface area contributed by atoms with Crippen LogP contribution in [-0.2, 0) is 20.0 Å². The van der Waals surface area contributed by atoms with E-state index in [9.17, 15) is 21.4 Å². The van der Waals surface area contributed by atoms with Crippen molar-refractivity contribution in [1.82, 2.24) is 10.2 Å². The monoisotopic (exact) mass is 414 g/mol. The average Bonchev–Trinajstić information content (AvgIpc) is 2.15. The molecule has 0 atom stereocenters. The first-order chi connectivity index (χ1) is 7.68. The van der Waals surface area contributed by atoms with E-state index >= 15 is 0 Å². The van der Waals surface area contributed by atoms with Crippen LogP contribution < -0.4 is 29.6 Å². The van der Waals surface area contributed by atoms with Gasteiger partial charge < -0.3 is 4.55 Å². The number of nitrogens with zero attached hydrogens (tertiary/aromatic N) is 2. The fraction of sp³-hybridized carbons (Fsp3) is 0.429. The average molecular weight is 414 g/mol. The Kier molecular flexibility index (Phi) is 7.16. The van der Waals surface area contributed by atoms with E-state index in [0.29, 0.717) is 4.43 Å². The van der Waals surface area contributed by atoms with Crippen molar-refractivity contribution in [3.05, 3.63) is 11.8 Å². The molecule has 0 saturated heterocycles. The topological polar surface area (TPSA) is 117 Å². The van der Waals surface area contributed by atoms with Crippen LogP contribution in [0.2, 0.25) is 0 Å². The zero-order valence-electron chi connectivity index (χ0n) is 9.62. The first-order valence-electron chi connectivity index (χ1n) is 4.27. The zero-order chi connectivity index (χ0) is 13.3. The molecule has 0 aliphatic rings. The number of sulfone groups is 1. The molecular weight excluding hydrogens is 406 g/mol. The summed E-state index contributed by atoms with van der Waals surface area (Å²) in [6.07, 6.45) is 0. The van der Waals surface area contributed by atoms with E-state index in [0.717, 1.165) is 6.07 Å². The summed E-state index contributed by atoms with van der Waals surface area (Å²) in [5.74, 6) is -0.191. The Labute approximate surface area is 141 Å². The molecule has 11 heteroatoms. The van der Waals surface area contributed by atoms with Crippen molar-refractivity contribution >= 4 is 42.5 Å². The van der Waals surface area contributed by atoms with Gasteiger partial charge >= 0.3 is 29.6 Å². The number of hydrogen-bond donors (Lipinski definition) is 0. The number of aromatic nitrogens is 2. The van der Waals surface area contributed by atoms with Gasteiger partial charge in [-0.1, -0.05) is 22.6 Å². The summed E-state index contributed by atoms with van der Waals surface area (Å²) in [4.78, 5) is -0.653. The third-order valence-electron chi connectivity index (χ3n) is 1.84. The molecule has 0 radical (unpaired) electrons. The predicted octanol–water partition coefficient (Wildman–Crippen LogP) is -3.10. The Hall–Kier alpha value is 0.670. The summed E-state index contributed by atoms with van der Waals surface area (Å²) in [7, 11) is -8.44. The molecule has 96 valence electrons. The van der Waals surface area contributed by atoms with Crippen molar-refractivity contribution in [2.75, 3.05) is 10.2 Å². The SMILES string of the molecule is Cc1nnc(S(=O)(=O)CCI)cc1S(=O)(=O)[O-].[Na+]. The molecule has 0 spiro atoms. The van der Waals surface area contributed by atoms with E-state index in [1.165, 1.54) is 6.92 Å². The Bertz CT molecular complexity index is 631. The van der Waals surface area contributed by atoms with E-state index in [4.69, 9.17) is 0 Å². The second kappa shape index (κ2) is 6.90. The summed E-state index contributed by atoms with van der Waals surface area (Å²) in [5, 5.41) is 6.29. The van der Waals surface area contributed by atoms with Crippen molar-refractivity contribution in [3.8, 4) is 0 Å². The fourth-order valence-corrected chi connectivity index (χ4v) is 4.38. The number of aryl methyl sites for hydroxylation is 1. The van der Waals surface area contributed by atoms with Gasteiger partial charge in [0.2, 0.25) is 0 Å². The first kappa shape index (κ1) is 18.7. The molecule has 0 aliphatic heterocycles. The van der Waals surface area contributed by atoms with Crippen LogP contribution in [0.4, 0.5) is 0 Å². The molecule has 1 aromatic rings. The second-order valence-corrected chi connectivity index (χ2v) is 7.58. The van der Waals surface area contributed by atoms with Crippen LogP contribution in [0.1, 0.15) is 5.69 Å². The third kappa shape index (κ3) is 4.65. The Morgan fingerprint density at radius 2 is 1.83 bits per heavy atom. The van der Waals surface area contributed by atoms with Crippen molar-refractivity contribution in [3.63, 3.8) is 0 Å².